The van der Waals surface area contributed by atoms with Crippen molar-refractivity contribution in [3.63, 3.8) is 0 Å². The van der Waals surface area contributed by atoms with Crippen LogP contribution in [0.5, 0.6) is 0 Å². The standard InChI is InChI=1S/C7H11N3O3S/c8-2-5-14(12,13)10-4-1-3-9-7(11)6-10/h1,3-6H2,(H,9,11). The van der Waals surface area contributed by atoms with Gasteiger partial charge in [0, 0.05) is 13.1 Å². The molecule has 14 heavy (non-hydrogen) atoms. The Labute approximate surface area is 82.5 Å². The van der Waals surface area contributed by atoms with Crippen LogP contribution in [0.1, 0.15) is 6.42 Å². The summed E-state index contributed by atoms with van der Waals surface area (Å²) in [5.74, 6) is -0.885. The Hall–Kier alpha value is -1.13. The Balaban J connectivity index is 2.76. The van der Waals surface area contributed by atoms with E-state index in [-0.39, 0.29) is 12.5 Å². The second kappa shape index (κ2) is 4.39. The Kier molecular flexibility index (Phi) is 3.43. The van der Waals surface area contributed by atoms with E-state index in [1.807, 2.05) is 0 Å². The summed E-state index contributed by atoms with van der Waals surface area (Å²) in [6.45, 7) is 0.601. The predicted molar refractivity (Wildman–Crippen MR) is 48.6 cm³/mol. The van der Waals surface area contributed by atoms with E-state index in [1.54, 1.807) is 6.07 Å². The molecular formula is C7H11N3O3S. The van der Waals surface area contributed by atoms with Gasteiger partial charge in [-0.1, -0.05) is 0 Å². The van der Waals surface area contributed by atoms with E-state index in [4.69, 9.17) is 5.26 Å². The van der Waals surface area contributed by atoms with Crippen LogP contribution in [0.4, 0.5) is 0 Å². The second-order valence-corrected chi connectivity index (χ2v) is 4.92. The van der Waals surface area contributed by atoms with E-state index >= 15 is 0 Å². The molecular weight excluding hydrogens is 206 g/mol. The lowest BCUT2D eigenvalue weighted by Gasteiger charge is -2.16. The monoisotopic (exact) mass is 217 g/mol. The van der Waals surface area contributed by atoms with Crippen LogP contribution in [0.2, 0.25) is 0 Å². The number of nitriles is 1. The topological polar surface area (TPSA) is 90.3 Å². The summed E-state index contributed by atoms with van der Waals surface area (Å²) in [4.78, 5) is 11.0. The molecule has 0 radical (unpaired) electrons. The number of hydrogen-bond acceptors (Lipinski definition) is 4. The molecule has 1 heterocycles. The van der Waals surface area contributed by atoms with Crippen LogP contribution in [-0.2, 0) is 14.8 Å². The maximum atomic E-state index is 11.4. The highest BCUT2D eigenvalue weighted by Gasteiger charge is 2.25. The van der Waals surface area contributed by atoms with Crippen LogP contribution in [0, 0.1) is 11.3 Å². The molecule has 1 aliphatic rings. The first-order valence-corrected chi connectivity index (χ1v) is 5.78. The third kappa shape index (κ3) is 2.68. The molecule has 0 saturated carbocycles. The first-order chi connectivity index (χ1) is 6.56. The van der Waals surface area contributed by atoms with Gasteiger partial charge in [0.25, 0.3) is 0 Å². The molecule has 0 aromatic rings. The molecule has 0 aromatic carbocycles. The van der Waals surface area contributed by atoms with E-state index in [9.17, 15) is 13.2 Å². The fraction of sp³-hybridized carbons (Fsp3) is 0.714. The third-order valence-electron chi connectivity index (χ3n) is 1.87. The molecule has 0 aliphatic carbocycles. The number of hydrogen-bond donors (Lipinski definition) is 1. The maximum Gasteiger partial charge on any atom is 0.235 e. The van der Waals surface area contributed by atoms with Crippen LogP contribution in [0.3, 0.4) is 0 Å². The van der Waals surface area contributed by atoms with Crippen molar-refractivity contribution in [3.8, 4) is 6.07 Å². The van der Waals surface area contributed by atoms with Crippen LogP contribution < -0.4 is 5.32 Å². The number of amides is 1. The normalized spacial score (nSPS) is 19.5. The van der Waals surface area contributed by atoms with Crippen LogP contribution >= 0.6 is 0 Å². The van der Waals surface area contributed by atoms with Gasteiger partial charge in [-0.2, -0.15) is 9.57 Å². The van der Waals surface area contributed by atoms with Crippen LogP contribution in [0.15, 0.2) is 0 Å². The van der Waals surface area contributed by atoms with Gasteiger partial charge in [-0.15, -0.1) is 0 Å². The summed E-state index contributed by atoms with van der Waals surface area (Å²) in [5, 5.41) is 10.9. The van der Waals surface area contributed by atoms with Crippen LogP contribution in [-0.4, -0.2) is 44.0 Å². The van der Waals surface area contributed by atoms with Crippen molar-refractivity contribution in [2.75, 3.05) is 25.4 Å². The molecule has 1 fully saturated rings. The number of carbonyl (C=O) groups excluding carboxylic acids is 1. The molecule has 6 nitrogen and oxygen atoms in total. The molecule has 7 heteroatoms. The largest absolute Gasteiger partial charge is 0.355 e. The Morgan fingerprint density at radius 2 is 2.29 bits per heavy atom. The van der Waals surface area contributed by atoms with Gasteiger partial charge in [0.05, 0.1) is 12.6 Å². The minimum absolute atomic E-state index is 0.177. The van der Waals surface area contributed by atoms with E-state index in [1.165, 1.54) is 0 Å². The van der Waals surface area contributed by atoms with Gasteiger partial charge in [0.15, 0.2) is 5.75 Å². The number of sulfonamides is 1. The van der Waals surface area contributed by atoms with Gasteiger partial charge in [-0.25, -0.2) is 8.42 Å². The SMILES string of the molecule is N#CCS(=O)(=O)N1CCCNC(=O)C1. The van der Waals surface area contributed by atoms with E-state index < -0.39 is 15.8 Å². The lowest BCUT2D eigenvalue weighted by Crippen LogP contribution is -2.38. The van der Waals surface area contributed by atoms with Gasteiger partial charge in [0.1, 0.15) is 0 Å². The Morgan fingerprint density at radius 1 is 1.57 bits per heavy atom. The molecule has 1 saturated heterocycles. The third-order valence-corrected chi connectivity index (χ3v) is 3.46. The van der Waals surface area contributed by atoms with Gasteiger partial charge in [0.2, 0.25) is 15.9 Å². The number of nitrogens with one attached hydrogen (secondary N) is 1. The fourth-order valence-electron chi connectivity index (χ4n) is 1.19. The maximum absolute atomic E-state index is 11.4. The minimum Gasteiger partial charge on any atom is -0.355 e. The zero-order chi connectivity index (χ0) is 10.6. The summed E-state index contributed by atoms with van der Waals surface area (Å²) in [6.07, 6.45) is 0.580. The summed E-state index contributed by atoms with van der Waals surface area (Å²) in [6, 6.07) is 1.58. The smallest absolute Gasteiger partial charge is 0.235 e. The summed E-state index contributed by atoms with van der Waals surface area (Å²) >= 11 is 0. The molecule has 1 aliphatic heterocycles. The Bertz CT molecular complexity index is 357. The fourth-order valence-corrected chi connectivity index (χ4v) is 2.26. The van der Waals surface area contributed by atoms with Crippen molar-refractivity contribution in [1.29, 1.82) is 5.26 Å². The molecule has 0 unspecified atom stereocenters. The lowest BCUT2D eigenvalue weighted by molar-refractivity contribution is -0.120. The number of carbonyl (C=O) groups is 1. The molecule has 0 aromatic heterocycles. The average Bonchev–Trinajstić information content (AvgIpc) is 2.30. The summed E-state index contributed by atoms with van der Waals surface area (Å²) < 4.78 is 23.9. The van der Waals surface area contributed by atoms with Gasteiger partial charge in [-0.05, 0) is 6.42 Å². The summed E-state index contributed by atoms with van der Waals surface area (Å²) in [5.41, 5.74) is 0. The van der Waals surface area contributed by atoms with Gasteiger partial charge < -0.3 is 5.32 Å². The van der Waals surface area contributed by atoms with Crippen molar-refractivity contribution < 1.29 is 13.2 Å². The summed E-state index contributed by atoms with van der Waals surface area (Å²) in [7, 11) is -3.58. The first-order valence-electron chi connectivity index (χ1n) is 4.18. The molecule has 78 valence electrons. The Morgan fingerprint density at radius 3 is 2.93 bits per heavy atom. The highest BCUT2D eigenvalue weighted by molar-refractivity contribution is 7.89. The molecule has 0 atom stereocenters. The van der Waals surface area contributed by atoms with Gasteiger partial charge in [-0.3, -0.25) is 4.79 Å². The highest BCUT2D eigenvalue weighted by Crippen LogP contribution is 2.04. The predicted octanol–water partition coefficient (Wildman–Crippen LogP) is -1.34. The number of nitrogens with zero attached hydrogens (tertiary/aromatic N) is 2. The zero-order valence-electron chi connectivity index (χ0n) is 7.56. The van der Waals surface area contributed by atoms with Crippen molar-refractivity contribution in [1.82, 2.24) is 9.62 Å². The van der Waals surface area contributed by atoms with E-state index in [0.29, 0.717) is 19.5 Å². The second-order valence-electron chi connectivity index (χ2n) is 2.95. The lowest BCUT2D eigenvalue weighted by atomic mass is 10.4. The van der Waals surface area contributed by atoms with Crippen molar-refractivity contribution in [2.24, 2.45) is 0 Å². The average molecular weight is 217 g/mol. The van der Waals surface area contributed by atoms with E-state index in [2.05, 4.69) is 5.32 Å². The zero-order valence-corrected chi connectivity index (χ0v) is 8.38. The molecule has 0 spiro atoms. The highest BCUT2D eigenvalue weighted by atomic mass is 32.2. The first kappa shape index (κ1) is 10.9. The molecule has 1 rings (SSSR count). The van der Waals surface area contributed by atoms with Crippen molar-refractivity contribution >= 4 is 15.9 Å². The van der Waals surface area contributed by atoms with Crippen molar-refractivity contribution in [3.05, 3.63) is 0 Å². The van der Waals surface area contributed by atoms with E-state index in [0.717, 1.165) is 4.31 Å². The number of rotatable bonds is 2. The van der Waals surface area contributed by atoms with Crippen LogP contribution in [0.25, 0.3) is 0 Å². The molecule has 0 bridgehead atoms. The quantitative estimate of drug-likeness (QED) is 0.620. The minimum atomic E-state index is -3.58. The molecule has 1 N–H and O–H groups in total. The molecule has 1 amide bonds. The van der Waals surface area contributed by atoms with Gasteiger partial charge >= 0.3 is 0 Å². The van der Waals surface area contributed by atoms with Crippen molar-refractivity contribution in [2.45, 2.75) is 6.42 Å².